The van der Waals surface area contributed by atoms with Gasteiger partial charge in [-0.05, 0) is 25.1 Å². The number of nitrogens with one attached hydrogen (secondary N) is 1. The van der Waals surface area contributed by atoms with E-state index in [9.17, 15) is 32.3 Å². The third-order valence-corrected chi connectivity index (χ3v) is 5.85. The lowest BCUT2D eigenvalue weighted by atomic mass is 10.1. The van der Waals surface area contributed by atoms with Gasteiger partial charge < -0.3 is 9.88 Å². The van der Waals surface area contributed by atoms with Crippen molar-refractivity contribution in [3.05, 3.63) is 68.9 Å². The molecule has 0 unspecified atom stereocenters. The zero-order valence-electron chi connectivity index (χ0n) is 20.5. The molecular weight excluding hydrogens is 507 g/mol. The third kappa shape index (κ3) is 5.10. The summed E-state index contributed by atoms with van der Waals surface area (Å²) in [5.74, 6) is -0.870. The topological polar surface area (TPSA) is 134 Å². The molecule has 4 heterocycles. The van der Waals surface area contributed by atoms with Crippen molar-refractivity contribution in [1.82, 2.24) is 28.7 Å². The Morgan fingerprint density at radius 3 is 2.53 bits per heavy atom. The number of aromatic nitrogens is 6. The maximum absolute atomic E-state index is 13.3. The maximum Gasteiger partial charge on any atom is 0.418 e. The lowest BCUT2D eigenvalue weighted by Gasteiger charge is -2.12. The molecule has 0 aliphatic rings. The van der Waals surface area contributed by atoms with Crippen LogP contribution in [0.4, 0.5) is 19.0 Å². The highest BCUT2D eigenvalue weighted by atomic mass is 19.4. The zero-order chi connectivity index (χ0) is 27.8. The summed E-state index contributed by atoms with van der Waals surface area (Å²) in [5.41, 5.74) is -2.26. The Morgan fingerprint density at radius 1 is 1.11 bits per heavy atom. The predicted molar refractivity (Wildman–Crippen MR) is 130 cm³/mol. The number of Topliss-reactive ketones (excluding diaryl/α,β-unsaturated/α-hetero) is 1. The Bertz CT molecular complexity index is 1690. The molecule has 11 nitrogen and oxygen atoms in total. The second-order valence-corrected chi connectivity index (χ2v) is 8.48. The number of halogens is 3. The minimum Gasteiger partial charge on any atom is -0.315 e. The highest BCUT2D eigenvalue weighted by Crippen LogP contribution is 2.33. The van der Waals surface area contributed by atoms with Gasteiger partial charge in [-0.3, -0.25) is 28.5 Å². The molecule has 0 fully saturated rings. The second-order valence-electron chi connectivity index (χ2n) is 8.48. The van der Waals surface area contributed by atoms with Crippen LogP contribution in [0.1, 0.15) is 24.6 Å². The van der Waals surface area contributed by atoms with Gasteiger partial charge in [0.2, 0.25) is 5.91 Å². The molecule has 0 saturated heterocycles. The molecule has 0 spiro atoms. The summed E-state index contributed by atoms with van der Waals surface area (Å²) in [6.45, 7) is 2.07. The number of fused-ring (bicyclic) bond motifs is 1. The Hall–Kier alpha value is -4.62. The van der Waals surface area contributed by atoms with Crippen molar-refractivity contribution in [3.63, 3.8) is 0 Å². The molecule has 0 aliphatic carbocycles. The van der Waals surface area contributed by atoms with Gasteiger partial charge in [0.25, 0.3) is 5.56 Å². The second kappa shape index (κ2) is 10.0. The SMILES string of the molecule is CCC(=O)Cn1c(=O)c2c(ncn2CC(=O)Nc2cccc(-c3cnc(C)c(C(F)(F)F)c3)n2)n(C)c1=O. The normalized spacial score (nSPS) is 11.6. The summed E-state index contributed by atoms with van der Waals surface area (Å²) in [7, 11) is 1.40. The Kier molecular flexibility index (Phi) is 6.98. The van der Waals surface area contributed by atoms with Crippen LogP contribution in [0.2, 0.25) is 0 Å². The molecule has 0 bridgehead atoms. The van der Waals surface area contributed by atoms with E-state index < -0.39 is 35.4 Å². The first-order valence-electron chi connectivity index (χ1n) is 11.4. The van der Waals surface area contributed by atoms with Crippen LogP contribution in [-0.4, -0.2) is 40.3 Å². The number of hydrogen-bond donors (Lipinski definition) is 1. The van der Waals surface area contributed by atoms with Crippen LogP contribution in [0.5, 0.6) is 0 Å². The molecule has 0 aromatic carbocycles. The van der Waals surface area contributed by atoms with Gasteiger partial charge in [-0.25, -0.2) is 14.8 Å². The number of ketones is 1. The Labute approximate surface area is 212 Å². The molecule has 4 aromatic heterocycles. The lowest BCUT2D eigenvalue weighted by Crippen LogP contribution is -2.41. The van der Waals surface area contributed by atoms with Gasteiger partial charge in [0, 0.05) is 30.9 Å². The molecule has 0 saturated carbocycles. The molecule has 14 heteroatoms. The summed E-state index contributed by atoms with van der Waals surface area (Å²) < 4.78 is 43.0. The van der Waals surface area contributed by atoms with Crippen molar-refractivity contribution in [2.45, 2.75) is 39.5 Å². The number of carbonyl (C=O) groups excluding carboxylic acids is 2. The number of imidazole rings is 1. The van der Waals surface area contributed by atoms with Crippen molar-refractivity contribution in [3.8, 4) is 11.3 Å². The van der Waals surface area contributed by atoms with E-state index in [0.29, 0.717) is 0 Å². The Morgan fingerprint density at radius 2 is 1.84 bits per heavy atom. The van der Waals surface area contributed by atoms with E-state index in [4.69, 9.17) is 0 Å². The first-order chi connectivity index (χ1) is 17.9. The molecule has 4 aromatic rings. The number of nitrogens with zero attached hydrogens (tertiary/aromatic N) is 6. The number of alkyl halides is 3. The van der Waals surface area contributed by atoms with E-state index in [1.165, 1.54) is 49.3 Å². The van der Waals surface area contributed by atoms with Gasteiger partial charge in [0.15, 0.2) is 16.9 Å². The van der Waals surface area contributed by atoms with Crippen LogP contribution < -0.4 is 16.6 Å². The standard InChI is InChI=1S/C24H22F3N7O4/c1-4-15(35)10-34-22(37)20-21(32(3)23(34)38)29-12-33(20)11-19(36)31-18-7-5-6-17(30-18)14-8-16(24(25,26)27)13(2)28-9-14/h5-9,12H,4,10-11H2,1-3H3,(H,30,31,36). The van der Waals surface area contributed by atoms with E-state index in [0.717, 1.165) is 15.2 Å². The predicted octanol–water partition coefficient (Wildman–Crippen LogP) is 2.30. The first-order valence-corrected chi connectivity index (χ1v) is 11.4. The molecule has 1 amide bonds. The molecule has 0 aliphatic heterocycles. The minimum atomic E-state index is -4.58. The number of hydrogen-bond acceptors (Lipinski definition) is 7. The molecule has 4 rings (SSSR count). The number of aryl methyl sites for hydroxylation is 2. The van der Waals surface area contributed by atoms with Crippen molar-refractivity contribution < 1.29 is 22.8 Å². The third-order valence-electron chi connectivity index (χ3n) is 5.85. The average molecular weight is 529 g/mol. The number of rotatable bonds is 7. The fourth-order valence-corrected chi connectivity index (χ4v) is 3.83. The van der Waals surface area contributed by atoms with Crippen molar-refractivity contribution in [1.29, 1.82) is 0 Å². The van der Waals surface area contributed by atoms with Crippen LogP contribution in [-0.2, 0) is 35.9 Å². The molecule has 0 radical (unpaired) electrons. The van der Waals surface area contributed by atoms with Gasteiger partial charge in [-0.2, -0.15) is 13.2 Å². The van der Waals surface area contributed by atoms with Gasteiger partial charge in [-0.1, -0.05) is 13.0 Å². The van der Waals surface area contributed by atoms with E-state index >= 15 is 0 Å². The number of pyridine rings is 2. The lowest BCUT2D eigenvalue weighted by molar-refractivity contribution is -0.138. The number of amides is 1. The molecule has 0 atom stereocenters. The van der Waals surface area contributed by atoms with E-state index in [-0.39, 0.29) is 52.7 Å². The smallest absolute Gasteiger partial charge is 0.315 e. The summed E-state index contributed by atoms with van der Waals surface area (Å²) in [4.78, 5) is 62.3. The molecular formula is C24H22F3N7O4. The summed E-state index contributed by atoms with van der Waals surface area (Å²) in [5, 5.41) is 2.54. The largest absolute Gasteiger partial charge is 0.418 e. The van der Waals surface area contributed by atoms with Crippen molar-refractivity contribution in [2.24, 2.45) is 7.05 Å². The fourth-order valence-electron chi connectivity index (χ4n) is 3.83. The van der Waals surface area contributed by atoms with E-state index in [2.05, 4.69) is 20.3 Å². The van der Waals surface area contributed by atoms with Crippen LogP contribution >= 0.6 is 0 Å². The average Bonchev–Trinajstić information content (AvgIpc) is 3.28. The summed E-state index contributed by atoms with van der Waals surface area (Å²) in [6.07, 6.45) is -1.97. The van der Waals surface area contributed by atoms with Gasteiger partial charge in [0.05, 0.1) is 24.1 Å². The van der Waals surface area contributed by atoms with E-state index in [1.54, 1.807) is 6.92 Å². The maximum atomic E-state index is 13.3. The first kappa shape index (κ1) is 26.4. The van der Waals surface area contributed by atoms with Crippen molar-refractivity contribution >= 4 is 28.7 Å². The van der Waals surface area contributed by atoms with E-state index in [1.807, 2.05) is 0 Å². The monoisotopic (exact) mass is 529 g/mol. The summed E-state index contributed by atoms with van der Waals surface area (Å²) >= 11 is 0. The quantitative estimate of drug-likeness (QED) is 0.388. The van der Waals surface area contributed by atoms with Gasteiger partial charge in [0.1, 0.15) is 12.4 Å². The fraction of sp³-hybridized carbons (Fsp3) is 0.292. The van der Waals surface area contributed by atoms with Crippen LogP contribution in [0.15, 0.2) is 46.4 Å². The highest BCUT2D eigenvalue weighted by molar-refractivity contribution is 5.90. The molecule has 1 N–H and O–H groups in total. The zero-order valence-corrected chi connectivity index (χ0v) is 20.5. The molecule has 198 valence electrons. The summed E-state index contributed by atoms with van der Waals surface area (Å²) in [6, 6.07) is 5.38. The number of anilines is 1. The minimum absolute atomic E-state index is 0.0421. The van der Waals surface area contributed by atoms with Gasteiger partial charge >= 0.3 is 11.9 Å². The van der Waals surface area contributed by atoms with Crippen LogP contribution in [0, 0.1) is 6.92 Å². The van der Waals surface area contributed by atoms with Crippen LogP contribution in [0.3, 0.4) is 0 Å². The molecule has 38 heavy (non-hydrogen) atoms. The van der Waals surface area contributed by atoms with Crippen molar-refractivity contribution in [2.75, 3.05) is 5.32 Å². The van der Waals surface area contributed by atoms with Gasteiger partial charge in [-0.15, -0.1) is 0 Å². The Balaban J connectivity index is 1.61. The number of carbonyl (C=O) groups is 2. The highest BCUT2D eigenvalue weighted by Gasteiger charge is 2.33. The van der Waals surface area contributed by atoms with Crippen LogP contribution in [0.25, 0.3) is 22.4 Å².